The summed E-state index contributed by atoms with van der Waals surface area (Å²) in [6.45, 7) is 0. The first-order valence-electron chi connectivity index (χ1n) is 4.48. The van der Waals surface area contributed by atoms with Gasteiger partial charge in [-0.1, -0.05) is 5.16 Å². The number of rotatable bonds is 1. The molecule has 0 atom stereocenters. The van der Waals surface area contributed by atoms with Crippen molar-refractivity contribution in [3.05, 3.63) is 30.7 Å². The summed E-state index contributed by atoms with van der Waals surface area (Å²) in [7, 11) is 0. The lowest BCUT2D eigenvalue weighted by Crippen LogP contribution is -1.82. The van der Waals surface area contributed by atoms with Gasteiger partial charge in [-0.3, -0.25) is 5.10 Å². The van der Waals surface area contributed by atoms with Gasteiger partial charge < -0.3 is 10.3 Å². The Labute approximate surface area is 84.9 Å². The van der Waals surface area contributed by atoms with Crippen molar-refractivity contribution in [2.45, 2.75) is 0 Å². The van der Waals surface area contributed by atoms with Gasteiger partial charge in [0.2, 0.25) is 0 Å². The first-order chi connectivity index (χ1) is 7.34. The molecule has 3 rings (SSSR count). The molecule has 0 saturated heterocycles. The first-order valence-corrected chi connectivity index (χ1v) is 4.48. The van der Waals surface area contributed by atoms with Gasteiger partial charge in [0.25, 0.3) is 0 Å². The summed E-state index contributed by atoms with van der Waals surface area (Å²) in [5, 5.41) is 11.8. The van der Waals surface area contributed by atoms with E-state index in [1.165, 1.54) is 0 Å². The monoisotopic (exact) mass is 200 g/mol. The van der Waals surface area contributed by atoms with Gasteiger partial charge in [0.1, 0.15) is 12.0 Å². The lowest BCUT2D eigenvalue weighted by molar-refractivity contribution is 0.420. The summed E-state index contributed by atoms with van der Waals surface area (Å²) in [5.41, 5.74) is 8.97. The largest absolute Gasteiger partial charge is 0.399 e. The van der Waals surface area contributed by atoms with Crippen LogP contribution in [0.5, 0.6) is 0 Å². The van der Waals surface area contributed by atoms with Gasteiger partial charge in [-0.05, 0) is 18.2 Å². The molecule has 0 unspecified atom stereocenters. The molecule has 3 aromatic rings. The van der Waals surface area contributed by atoms with Gasteiger partial charge in [0.05, 0.1) is 17.3 Å². The second-order valence-corrected chi connectivity index (χ2v) is 3.29. The zero-order valence-corrected chi connectivity index (χ0v) is 7.77. The molecule has 0 radical (unpaired) electrons. The quantitative estimate of drug-likeness (QED) is 0.587. The number of hydrogen-bond donors (Lipinski definition) is 2. The number of nitrogen functional groups attached to an aromatic ring is 1. The Morgan fingerprint density at radius 1 is 1.33 bits per heavy atom. The molecule has 0 fully saturated rings. The average Bonchev–Trinajstić information content (AvgIpc) is 2.82. The number of nitrogens with two attached hydrogens (primary N) is 1. The molecule has 0 spiro atoms. The molecule has 0 aliphatic carbocycles. The first kappa shape index (κ1) is 8.05. The molecule has 0 aliphatic heterocycles. The number of nitrogens with one attached hydrogen (secondary N) is 1. The van der Waals surface area contributed by atoms with Crippen LogP contribution in [0.1, 0.15) is 0 Å². The van der Waals surface area contributed by atoms with Crippen LogP contribution < -0.4 is 5.73 Å². The van der Waals surface area contributed by atoms with Crippen LogP contribution in [0.4, 0.5) is 5.69 Å². The molecule has 2 aromatic heterocycles. The summed E-state index contributed by atoms with van der Waals surface area (Å²) < 4.78 is 4.78. The van der Waals surface area contributed by atoms with Gasteiger partial charge in [-0.15, -0.1) is 0 Å². The third-order valence-electron chi connectivity index (χ3n) is 2.29. The summed E-state index contributed by atoms with van der Waals surface area (Å²) in [6, 6.07) is 5.62. The van der Waals surface area contributed by atoms with Crippen molar-refractivity contribution in [3.8, 4) is 11.3 Å². The van der Waals surface area contributed by atoms with Crippen LogP contribution in [-0.2, 0) is 0 Å². The fourth-order valence-electron chi connectivity index (χ4n) is 1.58. The van der Waals surface area contributed by atoms with Crippen LogP contribution in [-0.4, -0.2) is 15.4 Å². The van der Waals surface area contributed by atoms with Crippen LogP contribution in [0.2, 0.25) is 0 Å². The van der Waals surface area contributed by atoms with Crippen LogP contribution in [0.15, 0.2) is 35.2 Å². The van der Waals surface area contributed by atoms with E-state index < -0.39 is 0 Å². The van der Waals surface area contributed by atoms with E-state index in [0.717, 1.165) is 22.2 Å². The Morgan fingerprint density at radius 2 is 2.27 bits per heavy atom. The molecule has 5 nitrogen and oxygen atoms in total. The highest BCUT2D eigenvalue weighted by atomic mass is 16.5. The molecule has 5 heteroatoms. The molecule has 0 saturated carbocycles. The fraction of sp³-hybridized carbons (Fsp3) is 0. The summed E-state index contributed by atoms with van der Waals surface area (Å²) >= 11 is 0. The maximum Gasteiger partial charge on any atom is 0.133 e. The van der Waals surface area contributed by atoms with Crippen LogP contribution in [0, 0.1) is 0 Å². The predicted octanol–water partition coefficient (Wildman–Crippen LogP) is 1.80. The minimum Gasteiger partial charge on any atom is -0.399 e. The molecular formula is C10H8N4O. The maximum atomic E-state index is 5.67. The van der Waals surface area contributed by atoms with Crippen molar-refractivity contribution >= 4 is 16.6 Å². The topological polar surface area (TPSA) is 80.7 Å². The predicted molar refractivity (Wildman–Crippen MR) is 56.0 cm³/mol. The van der Waals surface area contributed by atoms with Crippen molar-refractivity contribution in [2.24, 2.45) is 0 Å². The third kappa shape index (κ3) is 1.17. The van der Waals surface area contributed by atoms with E-state index in [1.54, 1.807) is 12.5 Å². The highest BCUT2D eigenvalue weighted by Crippen LogP contribution is 2.26. The van der Waals surface area contributed by atoms with Crippen LogP contribution in [0.3, 0.4) is 0 Å². The van der Waals surface area contributed by atoms with Crippen molar-refractivity contribution in [1.82, 2.24) is 15.4 Å². The van der Waals surface area contributed by atoms with Crippen molar-refractivity contribution < 1.29 is 4.52 Å². The maximum absolute atomic E-state index is 5.67. The van der Waals surface area contributed by atoms with E-state index in [4.69, 9.17) is 10.3 Å². The lowest BCUT2D eigenvalue weighted by Gasteiger charge is -1.93. The fourth-order valence-corrected chi connectivity index (χ4v) is 1.58. The molecular weight excluding hydrogens is 192 g/mol. The number of anilines is 1. The van der Waals surface area contributed by atoms with Gasteiger partial charge in [-0.2, -0.15) is 5.10 Å². The zero-order valence-electron chi connectivity index (χ0n) is 7.77. The molecule has 2 heterocycles. The number of H-pyrrole nitrogens is 1. The number of aromatic nitrogens is 3. The molecule has 1 aromatic carbocycles. The van der Waals surface area contributed by atoms with E-state index in [-0.39, 0.29) is 0 Å². The standard InChI is InChI=1S/C10H8N4O/c11-7-1-2-8-9(3-7)13-14-10(8)6-4-12-15-5-6/h1-5H,11H2,(H,13,14). The van der Waals surface area contributed by atoms with E-state index >= 15 is 0 Å². The number of benzene rings is 1. The van der Waals surface area contributed by atoms with Crippen molar-refractivity contribution in [2.75, 3.05) is 5.73 Å². The lowest BCUT2D eigenvalue weighted by atomic mass is 10.1. The van der Waals surface area contributed by atoms with Gasteiger partial charge in [0, 0.05) is 11.1 Å². The van der Waals surface area contributed by atoms with E-state index in [9.17, 15) is 0 Å². The summed E-state index contributed by atoms with van der Waals surface area (Å²) in [4.78, 5) is 0. The van der Waals surface area contributed by atoms with Crippen LogP contribution in [0.25, 0.3) is 22.2 Å². The van der Waals surface area contributed by atoms with Gasteiger partial charge in [-0.25, -0.2) is 0 Å². The molecule has 0 amide bonds. The van der Waals surface area contributed by atoms with E-state index in [0.29, 0.717) is 5.69 Å². The highest BCUT2D eigenvalue weighted by molar-refractivity contribution is 5.93. The number of hydrogen-bond acceptors (Lipinski definition) is 4. The Morgan fingerprint density at radius 3 is 3.07 bits per heavy atom. The number of aromatic amines is 1. The Hall–Kier alpha value is -2.30. The third-order valence-corrected chi connectivity index (χ3v) is 2.29. The van der Waals surface area contributed by atoms with E-state index in [1.807, 2.05) is 18.2 Å². The van der Waals surface area contributed by atoms with Crippen molar-refractivity contribution in [3.63, 3.8) is 0 Å². The smallest absolute Gasteiger partial charge is 0.133 e. The summed E-state index contributed by atoms with van der Waals surface area (Å²) in [6.07, 6.45) is 3.19. The molecule has 0 bridgehead atoms. The second-order valence-electron chi connectivity index (χ2n) is 3.29. The normalized spacial score (nSPS) is 10.9. The van der Waals surface area contributed by atoms with Gasteiger partial charge >= 0.3 is 0 Å². The Balaban J connectivity index is 2.29. The van der Waals surface area contributed by atoms with Crippen molar-refractivity contribution in [1.29, 1.82) is 0 Å². The minimum atomic E-state index is 0.711. The van der Waals surface area contributed by atoms with Crippen LogP contribution >= 0.6 is 0 Å². The number of nitrogens with zero attached hydrogens (tertiary/aromatic N) is 2. The molecule has 0 aliphatic rings. The highest BCUT2D eigenvalue weighted by Gasteiger charge is 2.09. The average molecular weight is 200 g/mol. The van der Waals surface area contributed by atoms with Gasteiger partial charge in [0.15, 0.2) is 0 Å². The SMILES string of the molecule is Nc1ccc2c(-c3cnoc3)n[nH]c2c1. The molecule has 15 heavy (non-hydrogen) atoms. The van der Waals surface area contributed by atoms with E-state index in [2.05, 4.69) is 15.4 Å². The Kier molecular flexibility index (Phi) is 1.53. The zero-order chi connectivity index (χ0) is 10.3. The molecule has 74 valence electrons. The minimum absolute atomic E-state index is 0.711. The Bertz CT molecular complexity index is 597. The second kappa shape index (κ2) is 2.84. The number of fused-ring (bicyclic) bond motifs is 1. The summed E-state index contributed by atoms with van der Waals surface area (Å²) in [5.74, 6) is 0. The molecule has 3 N–H and O–H groups in total.